The number of hydrogen-bond acceptors (Lipinski definition) is 4. The second kappa shape index (κ2) is 10.5. The molecule has 0 saturated carbocycles. The molecule has 0 aliphatic heterocycles. The summed E-state index contributed by atoms with van der Waals surface area (Å²) in [7, 11) is 0. The molecular formula is C22H18EuN2O2. The summed E-state index contributed by atoms with van der Waals surface area (Å²) >= 11 is 0. The molecule has 4 nitrogen and oxygen atoms in total. The molecule has 0 amide bonds. The number of nitrogens with zero attached hydrogens (tertiary/aromatic N) is 2. The van der Waals surface area contributed by atoms with E-state index in [0.29, 0.717) is 5.56 Å². The van der Waals surface area contributed by atoms with Crippen LogP contribution in [-0.2, 0) is 4.79 Å². The van der Waals surface area contributed by atoms with Crippen LogP contribution in [0.4, 0.5) is 0 Å². The summed E-state index contributed by atoms with van der Waals surface area (Å²) in [6, 6.07) is 20.9. The van der Waals surface area contributed by atoms with Gasteiger partial charge in [-0.1, -0.05) is 42.5 Å². The Balaban J connectivity index is 0.000000190. The molecule has 0 fully saturated rings. The largest absolute Gasteiger partial charge is 0.300 e. The number of rotatable bonds is 3. The first-order valence-electron chi connectivity index (χ1n) is 8.31. The van der Waals surface area contributed by atoms with E-state index in [4.69, 9.17) is 0 Å². The number of pyridine rings is 2. The molecule has 0 aliphatic carbocycles. The van der Waals surface area contributed by atoms with Gasteiger partial charge >= 0.3 is 0 Å². The molecule has 0 N–H and O–H groups in total. The average Bonchev–Trinajstić information content (AvgIpc) is 2.68. The van der Waals surface area contributed by atoms with Gasteiger partial charge in [0.1, 0.15) is 5.78 Å². The van der Waals surface area contributed by atoms with Crippen molar-refractivity contribution in [1.82, 2.24) is 9.97 Å². The number of ketones is 2. The fourth-order valence-corrected chi connectivity index (χ4v) is 2.65. The van der Waals surface area contributed by atoms with E-state index in [2.05, 4.69) is 28.2 Å². The maximum Gasteiger partial charge on any atom is 0.170 e. The molecule has 0 saturated heterocycles. The summed E-state index contributed by atoms with van der Waals surface area (Å²) in [6.07, 6.45) is 3.62. The zero-order valence-corrected chi connectivity index (χ0v) is 17.2. The van der Waals surface area contributed by atoms with E-state index in [-0.39, 0.29) is 67.4 Å². The molecule has 135 valence electrons. The van der Waals surface area contributed by atoms with Gasteiger partial charge in [-0.2, -0.15) is 0 Å². The monoisotopic (exact) mass is 495 g/mol. The van der Waals surface area contributed by atoms with Crippen molar-refractivity contribution in [3.05, 3.63) is 84.7 Å². The van der Waals surface area contributed by atoms with Crippen molar-refractivity contribution in [3.8, 4) is 0 Å². The van der Waals surface area contributed by atoms with Gasteiger partial charge in [-0.15, -0.1) is 0 Å². The Morgan fingerprint density at radius 2 is 1.52 bits per heavy atom. The molecule has 2 aromatic heterocycles. The van der Waals surface area contributed by atoms with Gasteiger partial charge in [-0.05, 0) is 31.2 Å². The topological polar surface area (TPSA) is 59.9 Å². The van der Waals surface area contributed by atoms with Crippen molar-refractivity contribution in [2.45, 2.75) is 13.3 Å². The maximum absolute atomic E-state index is 11.2. The summed E-state index contributed by atoms with van der Waals surface area (Å²) in [5, 5.41) is 2.28. The first-order chi connectivity index (χ1) is 12.6. The minimum atomic E-state index is -0.108. The van der Waals surface area contributed by atoms with Gasteiger partial charge in [0.25, 0.3) is 0 Å². The molecule has 4 aromatic rings. The van der Waals surface area contributed by atoms with Gasteiger partial charge in [0.05, 0.1) is 17.5 Å². The molecule has 2 aromatic carbocycles. The average molecular weight is 494 g/mol. The van der Waals surface area contributed by atoms with Crippen LogP contribution < -0.4 is 0 Å². The minimum Gasteiger partial charge on any atom is -0.300 e. The first-order valence-corrected chi connectivity index (χ1v) is 8.31. The Hall–Kier alpha value is -1.82. The Kier molecular flexibility index (Phi) is 8.36. The number of fused-ring (bicyclic) bond motifs is 3. The number of carbonyl (C=O) groups excluding carboxylic acids is 2. The predicted molar refractivity (Wildman–Crippen MR) is 103 cm³/mol. The molecule has 0 spiro atoms. The van der Waals surface area contributed by atoms with Crippen molar-refractivity contribution in [2.75, 3.05) is 0 Å². The Bertz CT molecular complexity index is 1010. The number of aromatic nitrogens is 2. The molecular weight excluding hydrogens is 476 g/mol. The fraction of sp³-hybridized carbons (Fsp3) is 0.0909. The van der Waals surface area contributed by atoms with E-state index >= 15 is 0 Å². The normalized spacial score (nSPS) is 9.81. The van der Waals surface area contributed by atoms with E-state index in [1.807, 2.05) is 30.5 Å². The SMILES string of the molecule is CC(=O)CC(=O)c1ccccc1.[Eu].c1cnc2c(c1)ccc1ncccc12. The third-order valence-electron chi connectivity index (χ3n) is 3.86. The second-order valence-corrected chi connectivity index (χ2v) is 5.88. The molecule has 0 bridgehead atoms. The number of Topliss-reactive ketones (excluding diaryl/α,β-unsaturated/α-hetero) is 2. The fourth-order valence-electron chi connectivity index (χ4n) is 2.65. The van der Waals surface area contributed by atoms with Gasteiger partial charge in [-0.25, -0.2) is 0 Å². The Morgan fingerprint density at radius 3 is 2.26 bits per heavy atom. The zero-order chi connectivity index (χ0) is 18.4. The van der Waals surface area contributed by atoms with Crippen LogP contribution in [0.2, 0.25) is 0 Å². The van der Waals surface area contributed by atoms with Crippen LogP contribution in [0, 0.1) is 49.4 Å². The Labute approximate surface area is 198 Å². The third-order valence-corrected chi connectivity index (χ3v) is 3.86. The summed E-state index contributed by atoms with van der Waals surface area (Å²) in [6.45, 7) is 1.42. The number of carbonyl (C=O) groups is 2. The van der Waals surface area contributed by atoms with Crippen molar-refractivity contribution < 1.29 is 59.0 Å². The number of hydrogen-bond donors (Lipinski definition) is 0. The molecule has 5 heteroatoms. The smallest absolute Gasteiger partial charge is 0.170 e. The molecule has 0 atom stereocenters. The molecule has 4 rings (SSSR count). The van der Waals surface area contributed by atoms with Crippen molar-refractivity contribution in [2.24, 2.45) is 0 Å². The van der Waals surface area contributed by atoms with Crippen LogP contribution >= 0.6 is 0 Å². The zero-order valence-electron chi connectivity index (χ0n) is 14.8. The van der Waals surface area contributed by atoms with Crippen LogP contribution in [0.15, 0.2) is 79.1 Å². The molecule has 0 unspecified atom stereocenters. The van der Waals surface area contributed by atoms with Crippen molar-refractivity contribution in [3.63, 3.8) is 0 Å². The standard InChI is InChI=1S/C12H8N2.C10H10O2.Eu/c1-3-9-5-6-11-10(4-2-7-13-11)12(9)14-8-1;1-8(11)7-10(12)9-5-3-2-4-6-9;/h1-8H;2-6H,7H2,1H3;. The number of benzene rings is 2. The van der Waals surface area contributed by atoms with Gasteiger partial charge in [0.15, 0.2) is 5.78 Å². The summed E-state index contributed by atoms with van der Waals surface area (Å²) in [5.41, 5.74) is 2.63. The predicted octanol–water partition coefficient (Wildman–Crippen LogP) is 4.63. The summed E-state index contributed by atoms with van der Waals surface area (Å²) in [4.78, 5) is 30.5. The van der Waals surface area contributed by atoms with E-state index in [0.717, 1.165) is 21.8 Å². The minimum absolute atomic E-state index is 0. The Morgan fingerprint density at radius 1 is 0.815 bits per heavy atom. The summed E-state index contributed by atoms with van der Waals surface area (Å²) in [5.74, 6) is -0.202. The van der Waals surface area contributed by atoms with Crippen LogP contribution in [-0.4, -0.2) is 21.5 Å². The van der Waals surface area contributed by atoms with Gasteiger partial charge in [-0.3, -0.25) is 19.6 Å². The third kappa shape index (κ3) is 5.83. The molecule has 2 heterocycles. The van der Waals surface area contributed by atoms with E-state index in [1.165, 1.54) is 6.92 Å². The quantitative estimate of drug-likeness (QED) is 0.237. The first kappa shape index (κ1) is 21.5. The summed E-state index contributed by atoms with van der Waals surface area (Å²) < 4.78 is 0. The molecule has 0 aliphatic rings. The van der Waals surface area contributed by atoms with E-state index in [9.17, 15) is 9.59 Å². The van der Waals surface area contributed by atoms with Crippen LogP contribution in [0.25, 0.3) is 21.8 Å². The van der Waals surface area contributed by atoms with E-state index < -0.39 is 0 Å². The van der Waals surface area contributed by atoms with Gasteiger partial charge < -0.3 is 0 Å². The van der Waals surface area contributed by atoms with Crippen LogP contribution in [0.3, 0.4) is 0 Å². The van der Waals surface area contributed by atoms with Gasteiger partial charge in [0.2, 0.25) is 0 Å². The van der Waals surface area contributed by atoms with E-state index in [1.54, 1.807) is 30.5 Å². The van der Waals surface area contributed by atoms with Crippen LogP contribution in [0.1, 0.15) is 23.7 Å². The molecule has 1 radical (unpaired) electrons. The van der Waals surface area contributed by atoms with Crippen LogP contribution in [0.5, 0.6) is 0 Å². The molecule has 27 heavy (non-hydrogen) atoms. The second-order valence-electron chi connectivity index (χ2n) is 5.88. The maximum atomic E-state index is 11.2. The van der Waals surface area contributed by atoms with Crippen molar-refractivity contribution in [1.29, 1.82) is 0 Å². The van der Waals surface area contributed by atoms with Gasteiger partial charge in [0, 0.05) is 78.1 Å². The van der Waals surface area contributed by atoms with Crippen molar-refractivity contribution >= 4 is 33.4 Å².